The number of carbonyl (C=O) groups is 1. The molecule has 0 radical (unpaired) electrons. The van der Waals surface area contributed by atoms with Crippen LogP contribution < -0.4 is 5.32 Å². The van der Waals surface area contributed by atoms with Crippen LogP contribution in [0.3, 0.4) is 0 Å². The monoisotopic (exact) mass is 282 g/mol. The molecule has 0 unspecified atom stereocenters. The van der Waals surface area contributed by atoms with Gasteiger partial charge in [-0.05, 0) is 18.6 Å². The van der Waals surface area contributed by atoms with Crippen LogP contribution in [0, 0.1) is 10.1 Å². The molecule has 1 aromatic rings. The van der Waals surface area contributed by atoms with Crippen LogP contribution in [-0.4, -0.2) is 35.8 Å². The quantitative estimate of drug-likeness (QED) is 0.410. The van der Waals surface area contributed by atoms with Gasteiger partial charge in [-0.15, -0.1) is 0 Å². The van der Waals surface area contributed by atoms with Gasteiger partial charge in [0.2, 0.25) is 0 Å². The van der Waals surface area contributed by atoms with Crippen molar-refractivity contribution in [2.24, 2.45) is 0 Å². The minimum absolute atomic E-state index is 0.00463. The lowest BCUT2D eigenvalue weighted by Gasteiger charge is -2.08. The number of ether oxygens (including phenoxy) is 1. The van der Waals surface area contributed by atoms with Crippen LogP contribution in [0.25, 0.3) is 0 Å². The second-order valence-corrected chi connectivity index (χ2v) is 4.19. The van der Waals surface area contributed by atoms with E-state index in [9.17, 15) is 14.9 Å². The lowest BCUT2D eigenvalue weighted by atomic mass is 10.1. The average Bonchev–Trinajstić information content (AvgIpc) is 2.42. The molecule has 1 rings (SSSR count). The van der Waals surface area contributed by atoms with Crippen molar-refractivity contribution in [1.29, 1.82) is 0 Å². The number of anilines is 1. The summed E-state index contributed by atoms with van der Waals surface area (Å²) >= 11 is 0. The summed E-state index contributed by atoms with van der Waals surface area (Å²) in [6.07, 6.45) is 2.01. The zero-order valence-corrected chi connectivity index (χ0v) is 11.3. The van der Waals surface area contributed by atoms with E-state index in [1.165, 1.54) is 18.2 Å². The summed E-state index contributed by atoms with van der Waals surface area (Å²) in [5.74, 6) is -1.12. The van der Waals surface area contributed by atoms with E-state index in [-0.39, 0.29) is 16.9 Å². The van der Waals surface area contributed by atoms with Gasteiger partial charge in [-0.2, -0.15) is 0 Å². The Hall–Kier alpha value is -2.15. The smallest absolute Gasteiger partial charge is 0.335 e. The number of aromatic carboxylic acids is 1. The maximum absolute atomic E-state index is 10.9. The molecule has 0 aliphatic rings. The molecule has 0 bridgehead atoms. The Balaban J connectivity index is 2.63. The second-order valence-electron chi connectivity index (χ2n) is 4.19. The summed E-state index contributed by atoms with van der Waals surface area (Å²) in [6.45, 7) is 3.50. The molecule has 0 aliphatic carbocycles. The molecule has 20 heavy (non-hydrogen) atoms. The van der Waals surface area contributed by atoms with Crippen LogP contribution in [0.1, 0.15) is 30.1 Å². The molecule has 7 nitrogen and oxygen atoms in total. The van der Waals surface area contributed by atoms with E-state index in [1.807, 2.05) is 0 Å². The van der Waals surface area contributed by atoms with Gasteiger partial charge in [0.25, 0.3) is 5.69 Å². The summed E-state index contributed by atoms with van der Waals surface area (Å²) < 4.78 is 5.33. The second kappa shape index (κ2) is 8.11. The van der Waals surface area contributed by atoms with E-state index in [0.717, 1.165) is 12.8 Å². The van der Waals surface area contributed by atoms with Gasteiger partial charge in [0.1, 0.15) is 5.69 Å². The summed E-state index contributed by atoms with van der Waals surface area (Å²) in [6, 6.07) is 3.65. The first-order valence-corrected chi connectivity index (χ1v) is 6.39. The summed E-state index contributed by atoms with van der Waals surface area (Å²) in [7, 11) is 0. The van der Waals surface area contributed by atoms with Gasteiger partial charge in [0, 0.05) is 19.2 Å². The van der Waals surface area contributed by atoms with Gasteiger partial charge in [0.05, 0.1) is 17.1 Å². The molecular formula is C13H18N2O5. The van der Waals surface area contributed by atoms with E-state index in [1.54, 1.807) is 0 Å². The van der Waals surface area contributed by atoms with Crippen molar-refractivity contribution in [1.82, 2.24) is 0 Å². The van der Waals surface area contributed by atoms with Crippen molar-refractivity contribution in [3.8, 4) is 0 Å². The zero-order valence-electron chi connectivity index (χ0n) is 11.3. The van der Waals surface area contributed by atoms with Crippen molar-refractivity contribution < 1.29 is 19.6 Å². The van der Waals surface area contributed by atoms with Crippen LogP contribution in [0.4, 0.5) is 11.4 Å². The maximum Gasteiger partial charge on any atom is 0.335 e. The van der Waals surface area contributed by atoms with Crippen molar-refractivity contribution in [2.75, 3.05) is 25.1 Å². The number of hydrogen-bond acceptors (Lipinski definition) is 5. The number of rotatable bonds is 9. The van der Waals surface area contributed by atoms with Crippen LogP contribution in [-0.2, 0) is 4.74 Å². The average molecular weight is 282 g/mol. The molecule has 0 amide bonds. The molecule has 0 spiro atoms. The standard InChI is InChI=1S/C13H18N2O5/c1-2-3-7-20-8-6-14-11-9-10(13(16)17)4-5-12(11)15(18)19/h4-5,9,14H,2-3,6-8H2,1H3,(H,16,17). The number of carboxylic acid groups (broad SMARTS) is 1. The Morgan fingerprint density at radius 3 is 2.80 bits per heavy atom. The third kappa shape index (κ3) is 4.85. The first-order chi connectivity index (χ1) is 9.56. The van der Waals surface area contributed by atoms with Gasteiger partial charge in [-0.3, -0.25) is 10.1 Å². The highest BCUT2D eigenvalue weighted by Crippen LogP contribution is 2.25. The molecule has 1 aromatic carbocycles. The van der Waals surface area contributed by atoms with Gasteiger partial charge in [-0.1, -0.05) is 13.3 Å². The fourth-order valence-electron chi connectivity index (χ4n) is 1.58. The van der Waals surface area contributed by atoms with E-state index < -0.39 is 10.9 Å². The Bertz CT molecular complexity index is 476. The van der Waals surface area contributed by atoms with Crippen molar-refractivity contribution in [3.63, 3.8) is 0 Å². The predicted octanol–water partition coefficient (Wildman–Crippen LogP) is 2.52. The van der Waals surface area contributed by atoms with Crippen LogP contribution in [0.2, 0.25) is 0 Å². The Morgan fingerprint density at radius 1 is 1.45 bits per heavy atom. The van der Waals surface area contributed by atoms with Crippen LogP contribution >= 0.6 is 0 Å². The molecule has 0 fully saturated rings. The van der Waals surface area contributed by atoms with Crippen molar-refractivity contribution in [3.05, 3.63) is 33.9 Å². The molecule has 0 aromatic heterocycles. The number of benzene rings is 1. The van der Waals surface area contributed by atoms with Gasteiger partial charge >= 0.3 is 5.97 Å². The summed E-state index contributed by atoms with van der Waals surface area (Å²) in [5, 5.41) is 22.6. The fourth-order valence-corrected chi connectivity index (χ4v) is 1.58. The first-order valence-electron chi connectivity index (χ1n) is 6.39. The molecule has 0 atom stereocenters. The molecular weight excluding hydrogens is 264 g/mol. The zero-order chi connectivity index (χ0) is 15.0. The predicted molar refractivity (Wildman–Crippen MR) is 74.3 cm³/mol. The third-order valence-electron chi connectivity index (χ3n) is 2.64. The number of hydrogen-bond donors (Lipinski definition) is 2. The van der Waals surface area contributed by atoms with E-state index >= 15 is 0 Å². The third-order valence-corrected chi connectivity index (χ3v) is 2.64. The number of nitrogens with one attached hydrogen (secondary N) is 1. The van der Waals surface area contributed by atoms with Crippen LogP contribution in [0.5, 0.6) is 0 Å². The van der Waals surface area contributed by atoms with Gasteiger partial charge < -0.3 is 15.2 Å². The Labute approximate surface area is 116 Å². The molecule has 0 saturated heterocycles. The summed E-state index contributed by atoms with van der Waals surface area (Å²) in [4.78, 5) is 21.2. The van der Waals surface area contributed by atoms with E-state index in [0.29, 0.717) is 19.8 Å². The highest BCUT2D eigenvalue weighted by molar-refractivity contribution is 5.90. The fraction of sp³-hybridized carbons (Fsp3) is 0.462. The van der Waals surface area contributed by atoms with Crippen LogP contribution in [0.15, 0.2) is 18.2 Å². The highest BCUT2D eigenvalue weighted by Gasteiger charge is 2.16. The summed E-state index contributed by atoms with van der Waals surface area (Å²) in [5.41, 5.74) is 0.0440. The number of nitro groups is 1. The topological polar surface area (TPSA) is 102 Å². The Morgan fingerprint density at radius 2 is 2.20 bits per heavy atom. The van der Waals surface area contributed by atoms with Gasteiger partial charge in [0.15, 0.2) is 0 Å². The largest absolute Gasteiger partial charge is 0.478 e. The normalized spacial score (nSPS) is 10.2. The molecule has 0 aliphatic heterocycles. The van der Waals surface area contributed by atoms with E-state index in [2.05, 4.69) is 12.2 Å². The molecule has 0 saturated carbocycles. The Kier molecular flexibility index (Phi) is 6.45. The minimum atomic E-state index is -1.12. The molecule has 0 heterocycles. The lowest BCUT2D eigenvalue weighted by molar-refractivity contribution is -0.384. The van der Waals surface area contributed by atoms with Crippen molar-refractivity contribution in [2.45, 2.75) is 19.8 Å². The maximum atomic E-state index is 10.9. The molecule has 7 heteroatoms. The highest BCUT2D eigenvalue weighted by atomic mass is 16.6. The number of nitrogens with zero attached hydrogens (tertiary/aromatic N) is 1. The van der Waals surface area contributed by atoms with Crippen molar-refractivity contribution >= 4 is 17.3 Å². The number of carboxylic acids is 1. The molecule has 110 valence electrons. The SMILES string of the molecule is CCCCOCCNc1cc(C(=O)O)ccc1[N+](=O)[O-]. The molecule has 2 N–H and O–H groups in total. The van der Waals surface area contributed by atoms with E-state index in [4.69, 9.17) is 9.84 Å². The number of nitro benzene ring substituents is 1. The first kappa shape index (κ1) is 15.9. The minimum Gasteiger partial charge on any atom is -0.478 e. The lowest BCUT2D eigenvalue weighted by Crippen LogP contribution is -2.12. The number of unbranched alkanes of at least 4 members (excludes halogenated alkanes) is 1. The van der Waals surface area contributed by atoms with Gasteiger partial charge in [-0.25, -0.2) is 4.79 Å².